The summed E-state index contributed by atoms with van der Waals surface area (Å²) in [6.45, 7) is 2.75. The Labute approximate surface area is 204 Å². The minimum atomic E-state index is 0.158. The monoisotopic (exact) mass is 529 g/mol. The third-order valence-corrected chi connectivity index (χ3v) is 5.18. The summed E-state index contributed by atoms with van der Waals surface area (Å²) in [4.78, 5) is 7.06. The summed E-state index contributed by atoms with van der Waals surface area (Å²) in [6.07, 6.45) is 3.50. The average molecular weight is 532 g/mol. The van der Waals surface area contributed by atoms with Crippen molar-refractivity contribution in [2.75, 3.05) is 13.2 Å². The highest BCUT2D eigenvalue weighted by Crippen LogP contribution is 2.44. The van der Waals surface area contributed by atoms with E-state index in [4.69, 9.17) is 79.4 Å². The van der Waals surface area contributed by atoms with Gasteiger partial charge < -0.3 is 20.1 Å². The van der Waals surface area contributed by atoms with E-state index in [0.29, 0.717) is 16.6 Å². The minimum absolute atomic E-state index is 0.158. The van der Waals surface area contributed by atoms with Gasteiger partial charge in [0.1, 0.15) is 5.82 Å². The molecule has 0 saturated carbocycles. The number of aromatic nitrogens is 2. The Morgan fingerprint density at radius 3 is 1.77 bits per heavy atom. The number of benzene rings is 2. The number of nitrogens with zero attached hydrogens (tertiary/aromatic N) is 1. The van der Waals surface area contributed by atoms with Crippen LogP contribution in [0, 0.1) is 0 Å². The zero-order valence-corrected chi connectivity index (χ0v) is 20.1. The van der Waals surface area contributed by atoms with Gasteiger partial charge in [-0.2, -0.15) is 0 Å². The molecule has 0 fully saturated rings. The van der Waals surface area contributed by atoms with Crippen LogP contribution in [0.25, 0.3) is 0 Å². The van der Waals surface area contributed by atoms with E-state index in [2.05, 4.69) is 15.3 Å². The van der Waals surface area contributed by atoms with Gasteiger partial charge in [0.05, 0.1) is 32.7 Å². The fourth-order valence-corrected chi connectivity index (χ4v) is 4.04. The maximum atomic E-state index is 8.52. The number of hydrogen-bond acceptors (Lipinski definition) is 4. The Morgan fingerprint density at radius 1 is 0.933 bits per heavy atom. The Kier molecular flexibility index (Phi) is 10.3. The number of aromatic amines is 1. The van der Waals surface area contributed by atoms with E-state index in [0.717, 1.165) is 5.82 Å². The summed E-state index contributed by atoms with van der Waals surface area (Å²) in [7, 11) is 0. The SMILES string of the molecule is CC(NCCO)c1ncc[nH]1.Clc1cc(Cl)c(Oc2c(Cl)cc(Cl)cc2Cl)c(Cl)c1. The van der Waals surface area contributed by atoms with Crippen molar-refractivity contribution in [2.24, 2.45) is 0 Å². The lowest BCUT2D eigenvalue weighted by Crippen LogP contribution is -2.22. The Balaban J connectivity index is 0.000000248. The molecule has 0 aliphatic heterocycles. The van der Waals surface area contributed by atoms with Crippen LogP contribution >= 0.6 is 69.6 Å². The molecule has 0 amide bonds. The van der Waals surface area contributed by atoms with Crippen LogP contribution in [0.3, 0.4) is 0 Å². The molecular weight excluding hydrogens is 515 g/mol. The topological polar surface area (TPSA) is 70.2 Å². The van der Waals surface area contributed by atoms with Crippen LogP contribution < -0.4 is 10.1 Å². The van der Waals surface area contributed by atoms with Gasteiger partial charge in [-0.05, 0) is 31.2 Å². The maximum absolute atomic E-state index is 8.52. The van der Waals surface area contributed by atoms with Gasteiger partial charge in [-0.3, -0.25) is 0 Å². The summed E-state index contributed by atoms with van der Waals surface area (Å²) in [6, 6.07) is 6.19. The van der Waals surface area contributed by atoms with Crippen LogP contribution in [-0.4, -0.2) is 28.2 Å². The molecule has 2 aromatic carbocycles. The summed E-state index contributed by atoms with van der Waals surface area (Å²) >= 11 is 35.7. The number of imidazole rings is 1. The van der Waals surface area contributed by atoms with Crippen LogP contribution in [-0.2, 0) is 0 Å². The number of hydrogen-bond donors (Lipinski definition) is 3. The number of aliphatic hydroxyl groups excluding tert-OH is 1. The maximum Gasteiger partial charge on any atom is 0.164 e. The van der Waals surface area contributed by atoms with Crippen LogP contribution in [0.15, 0.2) is 36.7 Å². The van der Waals surface area contributed by atoms with E-state index in [1.807, 2.05) is 6.92 Å². The van der Waals surface area contributed by atoms with E-state index in [1.54, 1.807) is 12.4 Å². The fraction of sp³-hybridized carbons (Fsp3) is 0.211. The van der Waals surface area contributed by atoms with Gasteiger partial charge in [0.15, 0.2) is 11.5 Å². The zero-order chi connectivity index (χ0) is 22.3. The highest BCUT2D eigenvalue weighted by Gasteiger charge is 2.15. The van der Waals surface area contributed by atoms with Gasteiger partial charge in [0.25, 0.3) is 0 Å². The second kappa shape index (κ2) is 12.2. The third-order valence-electron chi connectivity index (χ3n) is 3.62. The lowest BCUT2D eigenvalue weighted by atomic mass is 10.3. The summed E-state index contributed by atoms with van der Waals surface area (Å²) in [5.41, 5.74) is 0. The predicted octanol–water partition coefficient (Wildman–Crippen LogP) is 7.45. The molecule has 162 valence electrons. The zero-order valence-electron chi connectivity index (χ0n) is 15.5. The van der Waals surface area contributed by atoms with Crippen molar-refractivity contribution < 1.29 is 9.84 Å². The Bertz CT molecular complexity index is 867. The first kappa shape index (κ1) is 25.4. The third kappa shape index (κ3) is 7.36. The molecule has 1 heterocycles. The van der Waals surface area contributed by atoms with Crippen molar-refractivity contribution in [1.82, 2.24) is 15.3 Å². The second-order valence-corrected chi connectivity index (χ2v) is 8.37. The summed E-state index contributed by atoms with van der Waals surface area (Å²) in [5, 5.41) is 13.4. The Hall–Kier alpha value is -0.890. The average Bonchev–Trinajstić information content (AvgIpc) is 3.19. The quantitative estimate of drug-likeness (QED) is 0.309. The molecule has 0 spiro atoms. The largest absolute Gasteiger partial charge is 0.451 e. The van der Waals surface area contributed by atoms with Gasteiger partial charge in [0.2, 0.25) is 0 Å². The molecule has 0 aliphatic carbocycles. The minimum Gasteiger partial charge on any atom is -0.451 e. The molecule has 1 aromatic heterocycles. The molecule has 1 atom stereocenters. The van der Waals surface area contributed by atoms with Crippen molar-refractivity contribution >= 4 is 69.6 Å². The molecule has 1 unspecified atom stereocenters. The van der Waals surface area contributed by atoms with Crippen LogP contribution in [0.5, 0.6) is 11.5 Å². The van der Waals surface area contributed by atoms with Crippen molar-refractivity contribution in [3.8, 4) is 11.5 Å². The molecule has 3 rings (SSSR count). The lowest BCUT2D eigenvalue weighted by Gasteiger charge is -2.12. The van der Waals surface area contributed by atoms with Gasteiger partial charge in [-0.25, -0.2) is 4.98 Å². The van der Waals surface area contributed by atoms with Crippen LogP contribution in [0.4, 0.5) is 0 Å². The smallest absolute Gasteiger partial charge is 0.164 e. The first-order valence-electron chi connectivity index (χ1n) is 8.53. The predicted molar refractivity (Wildman–Crippen MR) is 125 cm³/mol. The normalized spacial score (nSPS) is 11.6. The molecule has 0 saturated heterocycles. The van der Waals surface area contributed by atoms with E-state index >= 15 is 0 Å². The van der Waals surface area contributed by atoms with Crippen molar-refractivity contribution in [3.05, 3.63) is 72.6 Å². The number of nitrogens with one attached hydrogen (secondary N) is 2. The van der Waals surface area contributed by atoms with Gasteiger partial charge in [-0.15, -0.1) is 0 Å². The van der Waals surface area contributed by atoms with Crippen molar-refractivity contribution in [2.45, 2.75) is 13.0 Å². The molecule has 11 heteroatoms. The second-order valence-electron chi connectivity index (χ2n) is 5.87. The summed E-state index contributed by atoms with van der Waals surface area (Å²) in [5.74, 6) is 1.34. The van der Waals surface area contributed by atoms with Crippen LogP contribution in [0.2, 0.25) is 30.1 Å². The molecule has 3 N–H and O–H groups in total. The molecular formula is C19H17Cl6N3O2. The standard InChI is InChI=1S/C12H4Cl6O.C7H13N3O/c13-5-1-7(15)11(8(16)2-5)19-12-9(17)3-6(14)4-10(12)18;1-6(8-4-5-11)7-9-2-3-10-7/h1-4H;2-3,6,8,11H,4-5H2,1H3,(H,9,10). The lowest BCUT2D eigenvalue weighted by molar-refractivity contribution is 0.285. The van der Waals surface area contributed by atoms with Crippen molar-refractivity contribution in [3.63, 3.8) is 0 Å². The number of aliphatic hydroxyl groups is 1. The van der Waals surface area contributed by atoms with Gasteiger partial charge in [0, 0.05) is 29.0 Å². The first-order chi connectivity index (χ1) is 14.2. The van der Waals surface area contributed by atoms with E-state index in [-0.39, 0.29) is 44.2 Å². The number of halogens is 6. The van der Waals surface area contributed by atoms with Gasteiger partial charge in [-0.1, -0.05) is 69.6 Å². The summed E-state index contributed by atoms with van der Waals surface area (Å²) < 4.78 is 5.57. The van der Waals surface area contributed by atoms with E-state index in [1.165, 1.54) is 24.3 Å². The van der Waals surface area contributed by atoms with E-state index in [9.17, 15) is 0 Å². The number of ether oxygens (including phenoxy) is 1. The number of rotatable bonds is 6. The fourth-order valence-electron chi connectivity index (χ4n) is 2.25. The molecule has 0 radical (unpaired) electrons. The first-order valence-corrected chi connectivity index (χ1v) is 10.8. The Morgan fingerprint density at radius 2 is 1.40 bits per heavy atom. The van der Waals surface area contributed by atoms with E-state index < -0.39 is 0 Å². The number of H-pyrrole nitrogens is 1. The highest BCUT2D eigenvalue weighted by molar-refractivity contribution is 6.41. The molecule has 3 aromatic rings. The molecule has 30 heavy (non-hydrogen) atoms. The van der Waals surface area contributed by atoms with Crippen molar-refractivity contribution in [1.29, 1.82) is 0 Å². The molecule has 0 bridgehead atoms. The molecule has 5 nitrogen and oxygen atoms in total. The van der Waals surface area contributed by atoms with Gasteiger partial charge >= 0.3 is 0 Å². The molecule has 0 aliphatic rings. The van der Waals surface area contributed by atoms with Crippen LogP contribution in [0.1, 0.15) is 18.8 Å². The highest BCUT2D eigenvalue weighted by atomic mass is 35.5.